The molecule has 0 N–H and O–H groups in total. The van der Waals surface area contributed by atoms with Crippen molar-refractivity contribution in [1.82, 2.24) is 4.90 Å². The third-order valence-electron chi connectivity index (χ3n) is 7.33. The Morgan fingerprint density at radius 1 is 0.806 bits per heavy atom. The van der Waals surface area contributed by atoms with Crippen molar-refractivity contribution < 1.29 is 0 Å². The van der Waals surface area contributed by atoms with E-state index in [0.717, 1.165) is 18.9 Å². The van der Waals surface area contributed by atoms with Gasteiger partial charge in [0.2, 0.25) is 0 Å². The van der Waals surface area contributed by atoms with Gasteiger partial charge < -0.3 is 4.90 Å². The minimum atomic E-state index is -0.00500. The summed E-state index contributed by atoms with van der Waals surface area (Å²) in [5, 5.41) is 0. The zero-order chi connectivity index (χ0) is 20.9. The second-order valence-electron chi connectivity index (χ2n) is 9.14. The summed E-state index contributed by atoms with van der Waals surface area (Å²) in [6, 6.07) is 31.0. The van der Waals surface area contributed by atoms with Crippen LogP contribution in [0.15, 0.2) is 89.9 Å². The number of hydrogen-bond donors (Lipinski definition) is 0. The van der Waals surface area contributed by atoms with Gasteiger partial charge in [0.1, 0.15) is 0 Å². The monoisotopic (exact) mass is 408 g/mol. The molecule has 2 heterocycles. The Balaban J connectivity index is 1.26. The summed E-state index contributed by atoms with van der Waals surface area (Å²) in [5.41, 5.74) is 5.64. The lowest BCUT2D eigenvalue weighted by Gasteiger charge is -2.38. The van der Waals surface area contributed by atoms with Gasteiger partial charge in [0, 0.05) is 11.6 Å². The Labute approximate surface area is 186 Å². The summed E-state index contributed by atoms with van der Waals surface area (Å²) in [6.07, 6.45) is 6.96. The highest BCUT2D eigenvalue weighted by Crippen LogP contribution is 2.40. The molecule has 0 aliphatic carbocycles. The number of benzene rings is 3. The molecule has 0 spiro atoms. The van der Waals surface area contributed by atoms with E-state index in [1.54, 1.807) is 0 Å². The van der Waals surface area contributed by atoms with Gasteiger partial charge in [-0.25, -0.2) is 0 Å². The Morgan fingerprint density at radius 3 is 2.26 bits per heavy atom. The predicted molar refractivity (Wildman–Crippen MR) is 130 cm³/mol. The molecule has 2 heteroatoms. The van der Waals surface area contributed by atoms with Crippen LogP contribution in [0.1, 0.15) is 53.9 Å². The number of piperidine rings is 1. The van der Waals surface area contributed by atoms with Crippen molar-refractivity contribution in [3.63, 3.8) is 0 Å². The van der Waals surface area contributed by atoms with Crippen molar-refractivity contribution in [1.29, 1.82) is 0 Å². The summed E-state index contributed by atoms with van der Waals surface area (Å²) in [7, 11) is 0. The molecule has 5 rings (SSSR count). The number of nitrogens with zero attached hydrogens (tertiary/aromatic N) is 2. The van der Waals surface area contributed by atoms with Crippen LogP contribution >= 0.6 is 0 Å². The first-order chi connectivity index (χ1) is 15.4. The van der Waals surface area contributed by atoms with Crippen molar-refractivity contribution in [2.75, 3.05) is 26.2 Å². The molecule has 2 aliphatic heterocycles. The normalized spacial score (nSPS) is 21.7. The third-order valence-corrected chi connectivity index (χ3v) is 7.33. The van der Waals surface area contributed by atoms with Crippen LogP contribution in [0.4, 0.5) is 0 Å². The zero-order valence-corrected chi connectivity index (χ0v) is 18.3. The van der Waals surface area contributed by atoms with Crippen LogP contribution in [0.3, 0.4) is 0 Å². The molecule has 1 atom stereocenters. The summed E-state index contributed by atoms with van der Waals surface area (Å²) in [4.78, 5) is 7.50. The molecule has 2 aliphatic rings. The lowest BCUT2D eigenvalue weighted by molar-refractivity contribution is 0.204. The number of hydrogen-bond acceptors (Lipinski definition) is 2. The fourth-order valence-electron chi connectivity index (χ4n) is 5.61. The van der Waals surface area contributed by atoms with Gasteiger partial charge in [0.05, 0.1) is 6.54 Å². The van der Waals surface area contributed by atoms with Crippen molar-refractivity contribution in [2.24, 2.45) is 4.99 Å². The van der Waals surface area contributed by atoms with E-state index in [2.05, 4.69) is 96.0 Å². The number of rotatable bonds is 6. The first-order valence-corrected chi connectivity index (χ1v) is 11.8. The van der Waals surface area contributed by atoms with Crippen LogP contribution < -0.4 is 0 Å². The molecule has 3 aromatic rings. The van der Waals surface area contributed by atoms with Gasteiger partial charge >= 0.3 is 0 Å². The predicted octanol–water partition coefficient (Wildman–Crippen LogP) is 6.07. The summed E-state index contributed by atoms with van der Waals surface area (Å²) < 4.78 is 0. The van der Waals surface area contributed by atoms with E-state index < -0.39 is 0 Å². The number of aliphatic imine (C=N–C) groups is 1. The molecular formula is C29H32N2. The number of fused-ring (bicyclic) bond motifs is 1. The van der Waals surface area contributed by atoms with Gasteiger partial charge in [-0.05, 0) is 73.5 Å². The highest BCUT2D eigenvalue weighted by molar-refractivity contribution is 5.84. The van der Waals surface area contributed by atoms with E-state index in [1.165, 1.54) is 61.2 Å². The highest BCUT2D eigenvalue weighted by atomic mass is 15.1. The SMILES string of the molecule is C1=NCC(CCCN2CCC(c3ccccc3)CC2)(c2ccccc2)c2ccccc21. The van der Waals surface area contributed by atoms with Gasteiger partial charge in [-0.2, -0.15) is 0 Å². The first-order valence-electron chi connectivity index (χ1n) is 11.8. The Bertz CT molecular complexity index is 1000. The molecule has 1 fully saturated rings. The largest absolute Gasteiger partial charge is 0.303 e. The zero-order valence-electron chi connectivity index (χ0n) is 18.3. The molecule has 0 aromatic heterocycles. The second kappa shape index (κ2) is 9.20. The maximum absolute atomic E-state index is 4.82. The Morgan fingerprint density at radius 2 is 1.48 bits per heavy atom. The van der Waals surface area contributed by atoms with Gasteiger partial charge in [-0.15, -0.1) is 0 Å². The average Bonchev–Trinajstić information content (AvgIpc) is 2.86. The van der Waals surface area contributed by atoms with Crippen molar-refractivity contribution in [3.05, 3.63) is 107 Å². The fourth-order valence-corrected chi connectivity index (χ4v) is 5.61. The summed E-state index contributed by atoms with van der Waals surface area (Å²) >= 11 is 0. The maximum atomic E-state index is 4.82. The minimum Gasteiger partial charge on any atom is -0.303 e. The smallest absolute Gasteiger partial charge is 0.0527 e. The van der Waals surface area contributed by atoms with Crippen molar-refractivity contribution in [3.8, 4) is 0 Å². The first kappa shape index (κ1) is 20.2. The van der Waals surface area contributed by atoms with Gasteiger partial charge in [0.15, 0.2) is 0 Å². The standard InChI is InChI=1S/C29H32N2/c1-3-10-24(11-4-1)25-16-20-31(21-17-25)19-9-18-29(27-13-5-2-6-14-27)23-30-22-26-12-7-8-15-28(26)29/h1-8,10-15,22,25H,9,16-21,23H2. The highest BCUT2D eigenvalue weighted by Gasteiger charge is 2.37. The fraction of sp³-hybridized carbons (Fsp3) is 0.345. The molecule has 158 valence electrons. The topological polar surface area (TPSA) is 15.6 Å². The van der Waals surface area contributed by atoms with Crippen LogP contribution in [0.25, 0.3) is 0 Å². The molecule has 3 aromatic carbocycles. The molecule has 1 unspecified atom stereocenters. The van der Waals surface area contributed by atoms with Gasteiger partial charge in [-0.3, -0.25) is 4.99 Å². The molecule has 1 saturated heterocycles. The maximum Gasteiger partial charge on any atom is 0.0527 e. The minimum absolute atomic E-state index is 0.00500. The van der Waals surface area contributed by atoms with Crippen LogP contribution in [-0.4, -0.2) is 37.3 Å². The van der Waals surface area contributed by atoms with Gasteiger partial charge in [-0.1, -0.05) is 84.9 Å². The molecule has 0 amide bonds. The second-order valence-corrected chi connectivity index (χ2v) is 9.14. The van der Waals surface area contributed by atoms with E-state index in [-0.39, 0.29) is 5.41 Å². The van der Waals surface area contributed by atoms with E-state index in [4.69, 9.17) is 4.99 Å². The van der Waals surface area contributed by atoms with Crippen LogP contribution in [-0.2, 0) is 5.41 Å². The molecule has 0 bridgehead atoms. The number of likely N-dealkylation sites (tertiary alicyclic amines) is 1. The van der Waals surface area contributed by atoms with Gasteiger partial charge in [0.25, 0.3) is 0 Å². The van der Waals surface area contributed by atoms with Crippen LogP contribution in [0, 0.1) is 0 Å². The lowest BCUT2D eigenvalue weighted by atomic mass is 9.69. The van der Waals surface area contributed by atoms with Crippen molar-refractivity contribution in [2.45, 2.75) is 37.0 Å². The molecular weight excluding hydrogens is 376 g/mol. The van der Waals surface area contributed by atoms with E-state index in [9.17, 15) is 0 Å². The summed E-state index contributed by atoms with van der Waals surface area (Å²) in [5.74, 6) is 0.729. The Kier molecular flexibility index (Phi) is 5.99. The average molecular weight is 409 g/mol. The third kappa shape index (κ3) is 4.22. The molecule has 31 heavy (non-hydrogen) atoms. The van der Waals surface area contributed by atoms with E-state index in [1.807, 2.05) is 0 Å². The van der Waals surface area contributed by atoms with Crippen molar-refractivity contribution >= 4 is 6.21 Å². The molecule has 0 saturated carbocycles. The van der Waals surface area contributed by atoms with E-state index in [0.29, 0.717) is 0 Å². The summed E-state index contributed by atoms with van der Waals surface area (Å²) in [6.45, 7) is 4.46. The molecule has 0 radical (unpaired) electrons. The lowest BCUT2D eigenvalue weighted by Crippen LogP contribution is -2.37. The Hall–Kier alpha value is -2.71. The van der Waals surface area contributed by atoms with Crippen LogP contribution in [0.2, 0.25) is 0 Å². The quantitative estimate of drug-likeness (QED) is 0.484. The van der Waals surface area contributed by atoms with E-state index >= 15 is 0 Å². The molecule has 2 nitrogen and oxygen atoms in total. The van der Waals surface area contributed by atoms with Crippen LogP contribution in [0.5, 0.6) is 0 Å².